The van der Waals surface area contributed by atoms with Gasteiger partial charge in [0, 0.05) is 9.82 Å². The average molecular weight is 214 g/mol. The average Bonchev–Trinajstić information content (AvgIpc) is 2.21. The molecular formula is C6H10N6O3. The van der Waals surface area contributed by atoms with Crippen LogP contribution in [0.25, 0.3) is 20.9 Å². The summed E-state index contributed by atoms with van der Waals surface area (Å²) in [6.07, 6.45) is -2.49. The number of aldehydes is 1. The third-order valence-electron chi connectivity index (χ3n) is 1.70. The molecule has 4 unspecified atom stereocenters. The van der Waals surface area contributed by atoms with Crippen molar-refractivity contribution in [1.82, 2.24) is 0 Å². The van der Waals surface area contributed by atoms with Gasteiger partial charge < -0.3 is 15.0 Å². The van der Waals surface area contributed by atoms with E-state index in [1.54, 1.807) is 0 Å². The normalized spacial score (nSPS) is 17.5. The molecular weight excluding hydrogens is 204 g/mol. The number of hydrogen-bond donors (Lipinski definition) is 2. The van der Waals surface area contributed by atoms with E-state index in [0.29, 0.717) is 0 Å². The molecule has 0 saturated heterocycles. The van der Waals surface area contributed by atoms with Gasteiger partial charge in [-0.05, 0) is 18.0 Å². The standard InChI is InChI=1S/C6H10N6O3/c1-3(14)5(10-12-8)6(15)4(2-13)9-11-7/h2-6,14-15H,1H3. The first-order valence-electron chi connectivity index (χ1n) is 3.98. The van der Waals surface area contributed by atoms with Crippen LogP contribution in [0.4, 0.5) is 0 Å². The largest absolute Gasteiger partial charge is 0.393 e. The SMILES string of the molecule is CC(O)C(N=[N+]=[N-])C(O)C(C=O)N=[N+]=[N-]. The number of rotatable bonds is 6. The van der Waals surface area contributed by atoms with E-state index in [9.17, 15) is 9.90 Å². The van der Waals surface area contributed by atoms with Gasteiger partial charge in [0.05, 0.1) is 18.2 Å². The Balaban J connectivity index is 4.88. The molecule has 0 aliphatic carbocycles. The van der Waals surface area contributed by atoms with Gasteiger partial charge in [0.25, 0.3) is 0 Å². The highest BCUT2D eigenvalue weighted by atomic mass is 16.3. The second-order valence-electron chi connectivity index (χ2n) is 2.76. The molecule has 0 amide bonds. The Kier molecular flexibility index (Phi) is 5.84. The molecule has 0 aromatic heterocycles. The Morgan fingerprint density at radius 2 is 1.80 bits per heavy atom. The zero-order valence-corrected chi connectivity index (χ0v) is 7.87. The molecule has 9 nitrogen and oxygen atoms in total. The van der Waals surface area contributed by atoms with Crippen molar-refractivity contribution in [3.8, 4) is 0 Å². The van der Waals surface area contributed by atoms with Crippen molar-refractivity contribution >= 4 is 6.29 Å². The fourth-order valence-corrected chi connectivity index (χ4v) is 0.947. The lowest BCUT2D eigenvalue weighted by molar-refractivity contribution is -0.111. The molecule has 0 radical (unpaired) electrons. The van der Waals surface area contributed by atoms with E-state index in [1.807, 2.05) is 0 Å². The van der Waals surface area contributed by atoms with Crippen molar-refractivity contribution in [3.05, 3.63) is 20.9 Å². The molecule has 0 aliphatic rings. The fraction of sp³-hybridized carbons (Fsp3) is 0.833. The topological polar surface area (TPSA) is 155 Å². The van der Waals surface area contributed by atoms with Crippen molar-refractivity contribution in [3.63, 3.8) is 0 Å². The first-order valence-corrected chi connectivity index (χ1v) is 3.98. The van der Waals surface area contributed by atoms with Crippen LogP contribution >= 0.6 is 0 Å². The second-order valence-corrected chi connectivity index (χ2v) is 2.76. The van der Waals surface area contributed by atoms with Gasteiger partial charge in [-0.25, -0.2) is 0 Å². The Morgan fingerprint density at radius 3 is 2.13 bits per heavy atom. The first-order chi connectivity index (χ1) is 7.08. The van der Waals surface area contributed by atoms with Crippen molar-refractivity contribution < 1.29 is 15.0 Å². The van der Waals surface area contributed by atoms with Gasteiger partial charge in [-0.1, -0.05) is 10.2 Å². The van der Waals surface area contributed by atoms with E-state index in [1.165, 1.54) is 6.92 Å². The summed E-state index contributed by atoms with van der Waals surface area (Å²) in [6.45, 7) is 1.28. The van der Waals surface area contributed by atoms with Crippen molar-refractivity contribution in [2.75, 3.05) is 0 Å². The number of aliphatic hydroxyl groups excluding tert-OH is 2. The lowest BCUT2D eigenvalue weighted by atomic mass is 10.0. The molecule has 15 heavy (non-hydrogen) atoms. The maximum Gasteiger partial charge on any atom is 0.131 e. The molecule has 0 bridgehead atoms. The van der Waals surface area contributed by atoms with Crippen LogP contribution in [0.5, 0.6) is 0 Å². The van der Waals surface area contributed by atoms with Crippen LogP contribution in [0.2, 0.25) is 0 Å². The van der Waals surface area contributed by atoms with Gasteiger partial charge in [-0.15, -0.1) is 0 Å². The molecule has 0 saturated carbocycles. The quantitative estimate of drug-likeness (QED) is 0.282. The number of carbonyl (C=O) groups is 1. The number of aliphatic hydroxyl groups is 2. The molecule has 0 spiro atoms. The maximum atomic E-state index is 10.4. The van der Waals surface area contributed by atoms with Gasteiger partial charge in [0.15, 0.2) is 0 Å². The highest BCUT2D eigenvalue weighted by molar-refractivity contribution is 5.59. The Bertz CT molecular complexity index is 306. The zero-order valence-electron chi connectivity index (χ0n) is 7.87. The molecule has 0 aromatic rings. The van der Waals surface area contributed by atoms with Crippen LogP contribution in [0.1, 0.15) is 6.92 Å². The highest BCUT2D eigenvalue weighted by Gasteiger charge is 2.29. The van der Waals surface area contributed by atoms with Crippen molar-refractivity contribution in [2.45, 2.75) is 31.2 Å². The summed E-state index contributed by atoms with van der Waals surface area (Å²) in [4.78, 5) is 15.2. The molecule has 0 aliphatic heterocycles. The summed E-state index contributed by atoms with van der Waals surface area (Å²) < 4.78 is 0. The molecule has 0 aromatic carbocycles. The summed E-state index contributed by atoms with van der Waals surface area (Å²) in [5.74, 6) is 0. The van der Waals surface area contributed by atoms with E-state index in [2.05, 4.69) is 20.1 Å². The number of nitrogens with zero attached hydrogens (tertiary/aromatic N) is 6. The molecule has 0 rings (SSSR count). The van der Waals surface area contributed by atoms with Gasteiger partial charge >= 0.3 is 0 Å². The lowest BCUT2D eigenvalue weighted by Crippen LogP contribution is -2.41. The molecule has 2 N–H and O–H groups in total. The molecule has 0 heterocycles. The Morgan fingerprint density at radius 1 is 1.27 bits per heavy atom. The molecule has 0 fully saturated rings. The van der Waals surface area contributed by atoms with Crippen LogP contribution in [0, 0.1) is 0 Å². The molecule has 9 heteroatoms. The van der Waals surface area contributed by atoms with E-state index >= 15 is 0 Å². The minimum absolute atomic E-state index is 0.215. The zero-order chi connectivity index (χ0) is 11.8. The number of carbonyl (C=O) groups excluding carboxylic acids is 1. The smallest absolute Gasteiger partial charge is 0.131 e. The Hall–Kier alpha value is -1.79. The number of hydrogen-bond acceptors (Lipinski definition) is 5. The third kappa shape index (κ3) is 3.84. The summed E-state index contributed by atoms with van der Waals surface area (Å²) in [5, 5.41) is 24.7. The van der Waals surface area contributed by atoms with Crippen LogP contribution < -0.4 is 0 Å². The first kappa shape index (κ1) is 13.2. The van der Waals surface area contributed by atoms with Gasteiger partial charge in [0.1, 0.15) is 12.3 Å². The summed E-state index contributed by atoms with van der Waals surface area (Å²) in [6, 6.07) is -2.63. The van der Waals surface area contributed by atoms with E-state index in [-0.39, 0.29) is 6.29 Å². The number of azide groups is 2. The second kappa shape index (κ2) is 6.63. The van der Waals surface area contributed by atoms with Gasteiger partial charge in [0.2, 0.25) is 0 Å². The van der Waals surface area contributed by atoms with Crippen LogP contribution in [0.3, 0.4) is 0 Å². The summed E-state index contributed by atoms with van der Waals surface area (Å²) in [5.41, 5.74) is 16.3. The minimum atomic E-state index is -1.55. The lowest BCUT2D eigenvalue weighted by Gasteiger charge is -2.22. The minimum Gasteiger partial charge on any atom is -0.393 e. The fourth-order valence-electron chi connectivity index (χ4n) is 0.947. The maximum absolute atomic E-state index is 10.4. The van der Waals surface area contributed by atoms with Gasteiger partial charge in [-0.3, -0.25) is 0 Å². The van der Waals surface area contributed by atoms with E-state index < -0.39 is 24.3 Å². The third-order valence-corrected chi connectivity index (χ3v) is 1.70. The summed E-state index contributed by atoms with van der Waals surface area (Å²) in [7, 11) is 0. The van der Waals surface area contributed by atoms with Crippen LogP contribution in [-0.4, -0.2) is 40.8 Å². The monoisotopic (exact) mass is 214 g/mol. The molecule has 4 atom stereocenters. The van der Waals surface area contributed by atoms with Gasteiger partial charge in [-0.2, -0.15) is 0 Å². The predicted octanol–water partition coefficient (Wildman–Crippen LogP) is 0.285. The Labute approximate surface area is 84.6 Å². The molecule has 82 valence electrons. The van der Waals surface area contributed by atoms with Crippen LogP contribution in [0.15, 0.2) is 10.2 Å². The summed E-state index contributed by atoms with van der Waals surface area (Å²) >= 11 is 0. The van der Waals surface area contributed by atoms with E-state index in [4.69, 9.17) is 16.2 Å². The predicted molar refractivity (Wildman–Crippen MR) is 49.6 cm³/mol. The highest BCUT2D eigenvalue weighted by Crippen LogP contribution is 2.11. The van der Waals surface area contributed by atoms with Crippen LogP contribution in [-0.2, 0) is 4.79 Å². The van der Waals surface area contributed by atoms with E-state index in [0.717, 1.165) is 0 Å². The van der Waals surface area contributed by atoms with Crippen molar-refractivity contribution in [2.24, 2.45) is 10.2 Å². The van der Waals surface area contributed by atoms with Crippen molar-refractivity contribution in [1.29, 1.82) is 0 Å².